The van der Waals surface area contributed by atoms with Crippen LogP contribution in [0.1, 0.15) is 162 Å². The molecule has 0 saturated carbocycles. The van der Waals surface area contributed by atoms with Crippen molar-refractivity contribution in [3.8, 4) is 0 Å². The van der Waals surface area contributed by atoms with Gasteiger partial charge in [-0.2, -0.15) is 8.42 Å². The minimum atomic E-state index is -4.35. The second kappa shape index (κ2) is 29.6. The van der Waals surface area contributed by atoms with E-state index in [1.807, 2.05) is 0 Å². The van der Waals surface area contributed by atoms with Crippen molar-refractivity contribution in [3.63, 3.8) is 0 Å². The van der Waals surface area contributed by atoms with Gasteiger partial charge in [0.05, 0.1) is 17.9 Å². The summed E-state index contributed by atoms with van der Waals surface area (Å²) in [5, 5.41) is 13.1. The Bertz CT molecular complexity index is 806. The number of allylic oxidation sites excluding steroid dienone is 5. The molecule has 1 amide bonds. The average molecular weight is 612 g/mol. The SMILES string of the molecule is CCCC/C=C/CC/C=C/CC/C=C/C(O)C(CS(=O)(=O)O)NC(=O)CCCCCCCCCCCCCCCCC. The van der Waals surface area contributed by atoms with Crippen molar-refractivity contribution in [1.29, 1.82) is 0 Å². The van der Waals surface area contributed by atoms with Crippen molar-refractivity contribution in [2.75, 3.05) is 5.75 Å². The molecule has 0 radical (unpaired) electrons. The molecular weight excluding hydrogens is 546 g/mol. The van der Waals surface area contributed by atoms with Gasteiger partial charge in [0.1, 0.15) is 0 Å². The summed E-state index contributed by atoms with van der Waals surface area (Å²) in [5.41, 5.74) is 0. The van der Waals surface area contributed by atoms with Crippen molar-refractivity contribution >= 4 is 16.0 Å². The fraction of sp³-hybridized carbons (Fsp3) is 0.800. The minimum Gasteiger partial charge on any atom is -0.387 e. The van der Waals surface area contributed by atoms with Gasteiger partial charge in [-0.1, -0.05) is 153 Å². The molecule has 42 heavy (non-hydrogen) atoms. The van der Waals surface area contributed by atoms with Crippen LogP contribution in [0.5, 0.6) is 0 Å². The number of aliphatic hydroxyl groups is 1. The summed E-state index contributed by atoms with van der Waals surface area (Å²) in [6.45, 7) is 4.45. The molecule has 6 nitrogen and oxygen atoms in total. The van der Waals surface area contributed by atoms with Crippen molar-refractivity contribution in [2.24, 2.45) is 0 Å². The number of amides is 1. The number of aliphatic hydroxyl groups excluding tert-OH is 1. The lowest BCUT2D eigenvalue weighted by molar-refractivity contribution is -0.122. The highest BCUT2D eigenvalue weighted by Gasteiger charge is 2.24. The van der Waals surface area contributed by atoms with Gasteiger partial charge >= 0.3 is 0 Å². The summed E-state index contributed by atoms with van der Waals surface area (Å²) in [4.78, 5) is 12.4. The van der Waals surface area contributed by atoms with Gasteiger partial charge in [-0.25, -0.2) is 0 Å². The van der Waals surface area contributed by atoms with Crippen molar-refractivity contribution < 1.29 is 22.9 Å². The fourth-order valence-electron chi connectivity index (χ4n) is 4.94. The largest absolute Gasteiger partial charge is 0.387 e. The van der Waals surface area contributed by atoms with Crippen LogP contribution in [-0.4, -0.2) is 41.9 Å². The summed E-state index contributed by atoms with van der Waals surface area (Å²) >= 11 is 0. The highest BCUT2D eigenvalue weighted by atomic mass is 32.2. The number of hydrogen-bond acceptors (Lipinski definition) is 4. The molecule has 0 fully saturated rings. The van der Waals surface area contributed by atoms with Crippen LogP contribution in [0.15, 0.2) is 36.5 Å². The van der Waals surface area contributed by atoms with Crippen LogP contribution < -0.4 is 5.32 Å². The Morgan fingerprint density at radius 1 is 0.619 bits per heavy atom. The quantitative estimate of drug-likeness (QED) is 0.0426. The van der Waals surface area contributed by atoms with E-state index in [9.17, 15) is 22.9 Å². The zero-order valence-corrected chi connectivity index (χ0v) is 27.9. The molecule has 0 aromatic carbocycles. The van der Waals surface area contributed by atoms with Gasteiger partial charge < -0.3 is 10.4 Å². The summed E-state index contributed by atoms with van der Waals surface area (Å²) in [5.74, 6) is -1.01. The molecule has 0 saturated heterocycles. The second-order valence-electron chi connectivity index (χ2n) is 11.8. The second-order valence-corrected chi connectivity index (χ2v) is 13.3. The van der Waals surface area contributed by atoms with Crippen molar-refractivity contribution in [1.82, 2.24) is 5.32 Å². The lowest BCUT2D eigenvalue weighted by Gasteiger charge is -2.21. The average Bonchev–Trinajstić information content (AvgIpc) is 2.94. The van der Waals surface area contributed by atoms with Gasteiger partial charge in [0.25, 0.3) is 10.1 Å². The van der Waals surface area contributed by atoms with Gasteiger partial charge in [-0.05, 0) is 38.5 Å². The molecule has 0 bridgehead atoms. The molecule has 3 N–H and O–H groups in total. The molecule has 0 aromatic heterocycles. The van der Waals surface area contributed by atoms with E-state index in [0.29, 0.717) is 6.42 Å². The Balaban J connectivity index is 4.06. The molecule has 2 atom stereocenters. The molecule has 0 aliphatic heterocycles. The Morgan fingerprint density at radius 2 is 1.02 bits per heavy atom. The number of nitrogens with one attached hydrogen (secondary N) is 1. The fourth-order valence-corrected chi connectivity index (χ4v) is 5.67. The highest BCUT2D eigenvalue weighted by Crippen LogP contribution is 2.14. The molecule has 0 spiro atoms. The van der Waals surface area contributed by atoms with Gasteiger partial charge in [0.2, 0.25) is 5.91 Å². The van der Waals surface area contributed by atoms with E-state index in [0.717, 1.165) is 44.9 Å². The van der Waals surface area contributed by atoms with Crippen molar-refractivity contribution in [2.45, 2.75) is 174 Å². The van der Waals surface area contributed by atoms with Crippen LogP contribution in [0, 0.1) is 0 Å². The van der Waals surface area contributed by atoms with E-state index in [2.05, 4.69) is 43.5 Å². The normalized spacial score (nSPS) is 13.9. The molecule has 246 valence electrons. The van der Waals surface area contributed by atoms with E-state index in [4.69, 9.17) is 0 Å². The lowest BCUT2D eigenvalue weighted by atomic mass is 10.0. The standard InChI is InChI=1S/C35H65NO5S/c1-3-5-7-9-11-13-15-17-18-19-21-23-25-27-29-31-35(38)36-33(32-42(39,40)41)34(37)30-28-26-24-22-20-16-14-12-10-8-6-4-2/h10,12,20,22,28,30,33-34,37H,3-9,11,13-19,21,23-27,29,31-32H2,1-2H3,(H,36,38)(H,39,40,41)/b12-10+,22-20+,30-28+. The first-order valence-electron chi connectivity index (χ1n) is 17.2. The third-order valence-electron chi connectivity index (χ3n) is 7.55. The van der Waals surface area contributed by atoms with E-state index in [1.54, 1.807) is 6.08 Å². The third-order valence-corrected chi connectivity index (χ3v) is 8.33. The molecule has 0 aromatic rings. The Kier molecular flexibility index (Phi) is 28.6. The zero-order chi connectivity index (χ0) is 31.2. The van der Waals surface area contributed by atoms with Gasteiger partial charge in [0, 0.05) is 6.42 Å². The number of unbranched alkanes of at least 4 members (excludes halogenated alkanes) is 18. The molecular formula is C35H65NO5S. The number of carbonyl (C=O) groups excluding carboxylic acids is 1. The predicted octanol–water partition coefficient (Wildman–Crippen LogP) is 9.40. The van der Waals surface area contributed by atoms with Crippen LogP contribution in [0.25, 0.3) is 0 Å². The molecule has 0 rings (SSSR count). The summed E-state index contributed by atoms with van der Waals surface area (Å²) < 4.78 is 32.2. The molecule has 0 heterocycles. The topological polar surface area (TPSA) is 104 Å². The van der Waals surface area contributed by atoms with Crippen LogP contribution in [-0.2, 0) is 14.9 Å². The van der Waals surface area contributed by atoms with Gasteiger partial charge in [-0.3, -0.25) is 9.35 Å². The minimum absolute atomic E-state index is 0.287. The maximum Gasteiger partial charge on any atom is 0.267 e. The summed E-state index contributed by atoms with van der Waals surface area (Å²) in [6, 6.07) is -1.07. The first-order valence-corrected chi connectivity index (χ1v) is 18.8. The zero-order valence-electron chi connectivity index (χ0n) is 27.1. The first kappa shape index (κ1) is 40.6. The molecule has 2 unspecified atom stereocenters. The number of rotatable bonds is 30. The van der Waals surface area contributed by atoms with Crippen LogP contribution in [0.4, 0.5) is 0 Å². The Hall–Kier alpha value is -1.44. The van der Waals surface area contributed by atoms with Crippen molar-refractivity contribution in [3.05, 3.63) is 36.5 Å². The molecule has 0 aliphatic carbocycles. The Morgan fingerprint density at radius 3 is 1.48 bits per heavy atom. The number of carbonyl (C=O) groups is 1. The third kappa shape index (κ3) is 30.0. The maximum absolute atomic E-state index is 12.4. The summed E-state index contributed by atoms with van der Waals surface area (Å²) in [6.07, 6.45) is 37.0. The smallest absolute Gasteiger partial charge is 0.267 e. The maximum atomic E-state index is 12.4. The van der Waals surface area contributed by atoms with E-state index < -0.39 is 28.0 Å². The monoisotopic (exact) mass is 611 g/mol. The number of hydrogen-bond donors (Lipinski definition) is 3. The van der Waals surface area contributed by atoms with E-state index in [1.165, 1.54) is 96.0 Å². The van der Waals surface area contributed by atoms with Crippen LogP contribution in [0.3, 0.4) is 0 Å². The Labute approximate surface area is 259 Å². The van der Waals surface area contributed by atoms with E-state index in [-0.39, 0.29) is 12.3 Å². The van der Waals surface area contributed by atoms with Gasteiger partial charge in [-0.15, -0.1) is 0 Å². The molecule has 7 heteroatoms. The van der Waals surface area contributed by atoms with Gasteiger partial charge in [0.15, 0.2) is 0 Å². The van der Waals surface area contributed by atoms with Crippen LogP contribution in [0.2, 0.25) is 0 Å². The summed E-state index contributed by atoms with van der Waals surface area (Å²) in [7, 11) is -4.35. The lowest BCUT2D eigenvalue weighted by Crippen LogP contribution is -2.46. The predicted molar refractivity (Wildman–Crippen MR) is 179 cm³/mol. The van der Waals surface area contributed by atoms with Crippen LogP contribution >= 0.6 is 0 Å². The molecule has 0 aliphatic rings. The highest BCUT2D eigenvalue weighted by molar-refractivity contribution is 7.85. The van der Waals surface area contributed by atoms with E-state index >= 15 is 0 Å². The first-order chi connectivity index (χ1) is 20.3.